The normalized spacial score (nSPS) is 21.1. The van der Waals surface area contributed by atoms with Crippen LogP contribution in [0.5, 0.6) is 5.75 Å². The van der Waals surface area contributed by atoms with Crippen molar-refractivity contribution in [2.24, 2.45) is 11.1 Å². The summed E-state index contributed by atoms with van der Waals surface area (Å²) in [5, 5.41) is 0. The standard InChI is InChI=1S/C16H26N2O4S.ClH/c1-16(2)12-18(9-8-15(16)17)23(19,20)14-6-4-13(5-7-14)22-11-10-21-3;/h4-7,15H,8-12,17H2,1-3H3;1H. The lowest BCUT2D eigenvalue weighted by Gasteiger charge is -2.41. The van der Waals surface area contributed by atoms with Crippen LogP contribution in [0.1, 0.15) is 20.3 Å². The fourth-order valence-electron chi connectivity index (χ4n) is 2.63. The van der Waals surface area contributed by atoms with Crippen LogP contribution in [0.3, 0.4) is 0 Å². The molecule has 1 aliphatic heterocycles. The van der Waals surface area contributed by atoms with Gasteiger partial charge >= 0.3 is 0 Å². The Labute approximate surface area is 150 Å². The number of rotatable bonds is 6. The van der Waals surface area contributed by atoms with Crippen molar-refractivity contribution in [2.45, 2.75) is 31.2 Å². The maximum Gasteiger partial charge on any atom is 0.243 e. The zero-order valence-electron chi connectivity index (χ0n) is 14.4. The highest BCUT2D eigenvalue weighted by molar-refractivity contribution is 7.89. The number of halogens is 1. The zero-order valence-corrected chi connectivity index (χ0v) is 16.0. The number of piperidine rings is 1. The number of nitrogens with zero attached hydrogens (tertiary/aromatic N) is 1. The van der Waals surface area contributed by atoms with Crippen molar-refractivity contribution < 1.29 is 17.9 Å². The fourth-order valence-corrected chi connectivity index (χ4v) is 4.26. The van der Waals surface area contributed by atoms with Crippen LogP contribution in [0.15, 0.2) is 29.2 Å². The van der Waals surface area contributed by atoms with Crippen molar-refractivity contribution in [3.63, 3.8) is 0 Å². The lowest BCUT2D eigenvalue weighted by molar-refractivity contribution is 0.146. The van der Waals surface area contributed by atoms with E-state index in [0.717, 1.165) is 0 Å². The molecule has 1 aromatic rings. The summed E-state index contributed by atoms with van der Waals surface area (Å²) in [5.74, 6) is 0.627. The first-order valence-corrected chi connectivity index (χ1v) is 9.19. The molecule has 0 radical (unpaired) electrons. The van der Waals surface area contributed by atoms with Gasteiger partial charge in [-0.1, -0.05) is 13.8 Å². The first kappa shape index (κ1) is 21.2. The molecule has 0 spiro atoms. The molecule has 1 fully saturated rings. The van der Waals surface area contributed by atoms with E-state index in [2.05, 4.69) is 0 Å². The molecule has 0 bridgehead atoms. The Hall–Kier alpha value is -0.860. The summed E-state index contributed by atoms with van der Waals surface area (Å²) in [6.07, 6.45) is 0.671. The van der Waals surface area contributed by atoms with Crippen LogP contribution in [0.25, 0.3) is 0 Å². The largest absolute Gasteiger partial charge is 0.491 e. The Kier molecular flexibility index (Phi) is 7.49. The third-order valence-corrected chi connectivity index (χ3v) is 6.15. The molecular weight excluding hydrogens is 352 g/mol. The van der Waals surface area contributed by atoms with Crippen molar-refractivity contribution in [2.75, 3.05) is 33.4 Å². The molecule has 24 heavy (non-hydrogen) atoms. The first-order chi connectivity index (χ1) is 10.8. The second-order valence-corrected chi connectivity index (χ2v) is 8.47. The third kappa shape index (κ3) is 4.83. The molecule has 138 valence electrons. The number of hydrogen-bond acceptors (Lipinski definition) is 5. The van der Waals surface area contributed by atoms with Crippen LogP contribution in [-0.2, 0) is 14.8 Å². The zero-order chi connectivity index (χ0) is 17.1. The van der Waals surface area contributed by atoms with Crippen LogP contribution in [0, 0.1) is 5.41 Å². The van der Waals surface area contributed by atoms with Crippen molar-refractivity contribution in [3.05, 3.63) is 24.3 Å². The summed E-state index contributed by atoms with van der Waals surface area (Å²) in [5.41, 5.74) is 5.86. The van der Waals surface area contributed by atoms with E-state index in [0.29, 0.717) is 38.5 Å². The summed E-state index contributed by atoms with van der Waals surface area (Å²) < 4.78 is 37.4. The number of benzene rings is 1. The predicted octanol–water partition coefficient (Wildman–Crippen LogP) is 1.88. The molecule has 0 amide bonds. The molecule has 2 N–H and O–H groups in total. The summed E-state index contributed by atoms with van der Waals surface area (Å²) in [6, 6.07) is 6.52. The minimum absolute atomic E-state index is 0. The van der Waals surface area contributed by atoms with Gasteiger partial charge < -0.3 is 15.2 Å². The van der Waals surface area contributed by atoms with Crippen molar-refractivity contribution in [1.29, 1.82) is 0 Å². The number of ether oxygens (including phenoxy) is 2. The minimum atomic E-state index is -3.50. The molecule has 0 aromatic heterocycles. The SMILES string of the molecule is COCCOc1ccc(S(=O)(=O)N2CCC(N)C(C)(C)C2)cc1.Cl. The Balaban J connectivity index is 0.00000288. The van der Waals surface area contributed by atoms with E-state index in [-0.39, 0.29) is 28.8 Å². The molecule has 0 aliphatic carbocycles. The minimum Gasteiger partial charge on any atom is -0.491 e. The lowest BCUT2D eigenvalue weighted by atomic mass is 9.81. The van der Waals surface area contributed by atoms with E-state index in [4.69, 9.17) is 15.2 Å². The molecule has 2 rings (SSSR count). The maximum atomic E-state index is 12.8. The summed E-state index contributed by atoms with van der Waals surface area (Å²) in [4.78, 5) is 0.280. The van der Waals surface area contributed by atoms with E-state index >= 15 is 0 Å². The highest BCUT2D eigenvalue weighted by atomic mass is 35.5. The number of nitrogens with two attached hydrogens (primary N) is 1. The van der Waals surface area contributed by atoms with Gasteiger partial charge in [0, 0.05) is 26.2 Å². The van der Waals surface area contributed by atoms with Gasteiger partial charge in [-0.2, -0.15) is 4.31 Å². The summed E-state index contributed by atoms with van der Waals surface area (Å²) in [7, 11) is -1.90. The monoisotopic (exact) mass is 378 g/mol. The molecule has 1 heterocycles. The van der Waals surface area contributed by atoms with E-state index in [1.807, 2.05) is 13.8 Å². The van der Waals surface area contributed by atoms with E-state index in [9.17, 15) is 8.42 Å². The first-order valence-electron chi connectivity index (χ1n) is 7.75. The van der Waals surface area contributed by atoms with Gasteiger partial charge in [-0.3, -0.25) is 0 Å². The number of sulfonamides is 1. The highest BCUT2D eigenvalue weighted by Crippen LogP contribution is 2.31. The molecule has 1 atom stereocenters. The van der Waals surface area contributed by atoms with Gasteiger partial charge in [0.05, 0.1) is 11.5 Å². The van der Waals surface area contributed by atoms with E-state index in [1.54, 1.807) is 31.4 Å². The summed E-state index contributed by atoms with van der Waals surface area (Å²) in [6.45, 7) is 5.82. The van der Waals surface area contributed by atoms with Gasteiger partial charge in [0.1, 0.15) is 12.4 Å². The topological polar surface area (TPSA) is 81.9 Å². The number of hydrogen-bond donors (Lipinski definition) is 1. The van der Waals surface area contributed by atoms with Crippen LogP contribution in [-0.4, -0.2) is 52.2 Å². The van der Waals surface area contributed by atoms with Gasteiger partial charge in [-0.05, 0) is 36.1 Å². The molecule has 1 saturated heterocycles. The van der Waals surface area contributed by atoms with Crippen LogP contribution < -0.4 is 10.5 Å². The van der Waals surface area contributed by atoms with Crippen molar-refractivity contribution in [1.82, 2.24) is 4.31 Å². The predicted molar refractivity (Wildman–Crippen MR) is 96.2 cm³/mol. The third-order valence-electron chi connectivity index (χ3n) is 4.29. The fraction of sp³-hybridized carbons (Fsp3) is 0.625. The molecule has 1 aromatic carbocycles. The Morgan fingerprint density at radius 1 is 1.25 bits per heavy atom. The van der Waals surface area contributed by atoms with Gasteiger partial charge in [0.15, 0.2) is 0 Å². The van der Waals surface area contributed by atoms with E-state index in [1.165, 1.54) is 4.31 Å². The maximum absolute atomic E-state index is 12.8. The van der Waals surface area contributed by atoms with Crippen molar-refractivity contribution >= 4 is 22.4 Å². The molecule has 0 saturated carbocycles. The summed E-state index contributed by atoms with van der Waals surface area (Å²) >= 11 is 0. The molecule has 1 unspecified atom stereocenters. The van der Waals surface area contributed by atoms with Crippen LogP contribution in [0.2, 0.25) is 0 Å². The quantitative estimate of drug-likeness (QED) is 0.764. The smallest absolute Gasteiger partial charge is 0.243 e. The number of methoxy groups -OCH3 is 1. The molecule has 1 aliphatic rings. The highest BCUT2D eigenvalue weighted by Gasteiger charge is 2.38. The Bertz CT molecular complexity index is 619. The Morgan fingerprint density at radius 2 is 1.88 bits per heavy atom. The van der Waals surface area contributed by atoms with Crippen LogP contribution in [0.4, 0.5) is 0 Å². The molecule has 6 nitrogen and oxygen atoms in total. The second-order valence-electron chi connectivity index (χ2n) is 6.54. The van der Waals surface area contributed by atoms with Gasteiger partial charge in [-0.25, -0.2) is 8.42 Å². The second kappa shape index (κ2) is 8.49. The molecule has 8 heteroatoms. The average molecular weight is 379 g/mol. The lowest BCUT2D eigenvalue weighted by Crippen LogP contribution is -2.53. The van der Waals surface area contributed by atoms with Crippen molar-refractivity contribution in [3.8, 4) is 5.75 Å². The van der Waals surface area contributed by atoms with Crippen LogP contribution >= 0.6 is 12.4 Å². The average Bonchev–Trinajstić information content (AvgIpc) is 2.50. The van der Waals surface area contributed by atoms with Gasteiger partial charge in [0.2, 0.25) is 10.0 Å². The van der Waals surface area contributed by atoms with Gasteiger partial charge in [-0.15, -0.1) is 12.4 Å². The molecular formula is C16H27ClN2O4S. The van der Waals surface area contributed by atoms with Gasteiger partial charge in [0.25, 0.3) is 0 Å². The van der Waals surface area contributed by atoms with E-state index < -0.39 is 10.0 Å². The Morgan fingerprint density at radius 3 is 2.42 bits per heavy atom.